The van der Waals surface area contributed by atoms with Gasteiger partial charge in [-0.3, -0.25) is 0 Å². The molecule has 1 aliphatic carbocycles. The maximum Gasteiger partial charge on any atom is 0.0948 e. The molecule has 1 saturated carbocycles. The maximum atomic E-state index is 9.65. The summed E-state index contributed by atoms with van der Waals surface area (Å²) in [4.78, 5) is 0. The molecule has 0 aromatic heterocycles. The molecule has 0 radical (unpaired) electrons. The highest BCUT2D eigenvalue weighted by molar-refractivity contribution is 5.22. The van der Waals surface area contributed by atoms with Crippen LogP contribution < -0.4 is 5.32 Å². The zero-order chi connectivity index (χ0) is 11.7. The summed E-state index contributed by atoms with van der Waals surface area (Å²) in [5.41, 5.74) is 1.44. The molecule has 1 aromatic carbocycles. The number of benzene rings is 1. The van der Waals surface area contributed by atoms with E-state index in [2.05, 4.69) is 35.6 Å². The summed E-state index contributed by atoms with van der Waals surface area (Å²) in [6.07, 6.45) is 2.02. The molecule has 2 N–H and O–H groups in total. The topological polar surface area (TPSA) is 41.5 Å². The Morgan fingerprint density at radius 1 is 1.12 bits per heavy atom. The number of nitrogens with one attached hydrogen (secondary N) is 1. The minimum Gasteiger partial charge on any atom is -0.389 e. The molecule has 1 saturated heterocycles. The van der Waals surface area contributed by atoms with E-state index in [1.807, 2.05) is 0 Å². The largest absolute Gasteiger partial charge is 0.389 e. The maximum absolute atomic E-state index is 9.65. The van der Waals surface area contributed by atoms with Gasteiger partial charge in [-0.1, -0.05) is 30.3 Å². The minimum atomic E-state index is -0.328. The predicted molar refractivity (Wildman–Crippen MR) is 66.0 cm³/mol. The predicted octanol–water partition coefficient (Wildman–Crippen LogP) is 1.28. The van der Waals surface area contributed by atoms with Crippen LogP contribution in [-0.2, 0) is 4.74 Å². The molecular weight excluding hydrogens is 214 g/mol. The molecule has 1 aliphatic heterocycles. The van der Waals surface area contributed by atoms with Crippen LogP contribution in [0.25, 0.3) is 0 Å². The van der Waals surface area contributed by atoms with Gasteiger partial charge in [-0.15, -0.1) is 0 Å². The molecule has 0 spiro atoms. The number of ether oxygens (including phenoxy) is 1. The lowest BCUT2D eigenvalue weighted by Gasteiger charge is -2.38. The van der Waals surface area contributed by atoms with Gasteiger partial charge in [0, 0.05) is 6.04 Å². The van der Waals surface area contributed by atoms with Gasteiger partial charge in [0.05, 0.1) is 25.4 Å². The van der Waals surface area contributed by atoms with Crippen LogP contribution >= 0.6 is 0 Å². The van der Waals surface area contributed by atoms with Gasteiger partial charge in [0.1, 0.15) is 0 Å². The average Bonchev–Trinajstić information content (AvgIpc) is 2.70. The molecule has 1 aromatic rings. The lowest BCUT2D eigenvalue weighted by molar-refractivity contribution is 0.118. The highest BCUT2D eigenvalue weighted by Gasteiger charge is 2.35. The zero-order valence-corrected chi connectivity index (χ0v) is 9.88. The van der Waals surface area contributed by atoms with Gasteiger partial charge in [-0.2, -0.15) is 0 Å². The Morgan fingerprint density at radius 2 is 1.88 bits per heavy atom. The first kappa shape index (κ1) is 11.2. The summed E-state index contributed by atoms with van der Waals surface area (Å²) in [6, 6.07) is 11.3. The fraction of sp³-hybridized carbons (Fsp3) is 0.571. The molecule has 0 unspecified atom stereocenters. The van der Waals surface area contributed by atoms with Crippen LogP contribution in [0.4, 0.5) is 0 Å². The lowest BCUT2D eigenvalue weighted by Crippen LogP contribution is -2.49. The van der Waals surface area contributed by atoms with Crippen LogP contribution in [0.2, 0.25) is 0 Å². The van der Waals surface area contributed by atoms with E-state index in [1.54, 1.807) is 0 Å². The minimum absolute atomic E-state index is 0.136. The van der Waals surface area contributed by atoms with Crippen LogP contribution in [0, 0.1) is 0 Å². The van der Waals surface area contributed by atoms with Crippen molar-refractivity contribution in [3.8, 4) is 0 Å². The fourth-order valence-electron chi connectivity index (χ4n) is 2.76. The van der Waals surface area contributed by atoms with Crippen LogP contribution in [0.5, 0.6) is 0 Å². The molecule has 2 fully saturated rings. The molecule has 17 heavy (non-hydrogen) atoms. The number of aliphatic hydroxyl groups excluding tert-OH is 1. The number of aliphatic hydroxyl groups is 1. The SMILES string of the molecule is O[C@H]1COC[C@@H]1NC1CC(c2ccccc2)C1. The Kier molecular flexibility index (Phi) is 3.14. The van der Waals surface area contributed by atoms with Crippen molar-refractivity contribution in [2.24, 2.45) is 0 Å². The second-order valence-electron chi connectivity index (χ2n) is 5.15. The van der Waals surface area contributed by atoms with Crippen LogP contribution in [-0.4, -0.2) is 36.5 Å². The van der Waals surface area contributed by atoms with Gasteiger partial charge in [-0.25, -0.2) is 0 Å². The molecule has 2 atom stereocenters. The number of hydrogen-bond acceptors (Lipinski definition) is 3. The van der Waals surface area contributed by atoms with Crippen molar-refractivity contribution in [2.45, 2.75) is 36.9 Å². The standard InChI is InChI=1S/C14H19NO2/c16-14-9-17-8-13(14)15-12-6-11(7-12)10-4-2-1-3-5-10/h1-5,11-16H,6-9H2/t11?,12?,13-,14-/m0/s1. The van der Waals surface area contributed by atoms with E-state index in [4.69, 9.17) is 4.74 Å². The molecule has 3 heteroatoms. The molecule has 0 amide bonds. The van der Waals surface area contributed by atoms with Crippen molar-refractivity contribution >= 4 is 0 Å². The van der Waals surface area contributed by atoms with Gasteiger partial charge in [0.25, 0.3) is 0 Å². The van der Waals surface area contributed by atoms with Crippen molar-refractivity contribution in [2.75, 3.05) is 13.2 Å². The van der Waals surface area contributed by atoms with Crippen LogP contribution in [0.3, 0.4) is 0 Å². The van der Waals surface area contributed by atoms with E-state index in [-0.39, 0.29) is 12.1 Å². The summed E-state index contributed by atoms with van der Waals surface area (Å²) in [5.74, 6) is 0.688. The Labute approximate surface area is 102 Å². The molecule has 92 valence electrons. The first-order chi connectivity index (χ1) is 8.33. The van der Waals surface area contributed by atoms with Gasteiger partial charge < -0.3 is 15.2 Å². The van der Waals surface area contributed by atoms with Gasteiger partial charge in [0.2, 0.25) is 0 Å². The van der Waals surface area contributed by atoms with E-state index >= 15 is 0 Å². The zero-order valence-electron chi connectivity index (χ0n) is 9.88. The smallest absolute Gasteiger partial charge is 0.0948 e. The molecule has 2 aliphatic rings. The van der Waals surface area contributed by atoms with Gasteiger partial charge in [0.15, 0.2) is 0 Å². The van der Waals surface area contributed by atoms with Gasteiger partial charge in [-0.05, 0) is 24.3 Å². The Hall–Kier alpha value is -0.900. The van der Waals surface area contributed by atoms with Crippen molar-refractivity contribution < 1.29 is 9.84 Å². The third-order valence-electron chi connectivity index (χ3n) is 3.91. The van der Waals surface area contributed by atoms with E-state index in [9.17, 15) is 5.11 Å². The average molecular weight is 233 g/mol. The number of hydrogen-bond donors (Lipinski definition) is 2. The fourth-order valence-corrected chi connectivity index (χ4v) is 2.76. The third kappa shape index (κ3) is 2.37. The summed E-state index contributed by atoms with van der Waals surface area (Å²) < 4.78 is 5.24. The first-order valence-corrected chi connectivity index (χ1v) is 6.40. The van der Waals surface area contributed by atoms with Crippen molar-refractivity contribution in [3.63, 3.8) is 0 Å². The summed E-state index contributed by atoms with van der Waals surface area (Å²) in [6.45, 7) is 1.13. The molecular formula is C14H19NO2. The molecule has 1 heterocycles. The van der Waals surface area contributed by atoms with E-state index in [0.29, 0.717) is 25.2 Å². The summed E-state index contributed by atoms with van der Waals surface area (Å²) in [5, 5.41) is 13.1. The Morgan fingerprint density at radius 3 is 2.53 bits per heavy atom. The second kappa shape index (κ2) is 4.77. The van der Waals surface area contributed by atoms with Crippen molar-refractivity contribution in [1.82, 2.24) is 5.32 Å². The monoisotopic (exact) mass is 233 g/mol. The Bertz CT molecular complexity index is 362. The molecule has 3 nitrogen and oxygen atoms in total. The highest BCUT2D eigenvalue weighted by atomic mass is 16.5. The number of rotatable bonds is 3. The van der Waals surface area contributed by atoms with Gasteiger partial charge >= 0.3 is 0 Å². The molecule has 3 rings (SSSR count). The van der Waals surface area contributed by atoms with Crippen LogP contribution in [0.1, 0.15) is 24.3 Å². The normalized spacial score (nSPS) is 36.8. The summed E-state index contributed by atoms with van der Waals surface area (Å²) >= 11 is 0. The third-order valence-corrected chi connectivity index (χ3v) is 3.91. The Balaban J connectivity index is 1.49. The van der Waals surface area contributed by atoms with Crippen LogP contribution in [0.15, 0.2) is 30.3 Å². The quantitative estimate of drug-likeness (QED) is 0.826. The lowest BCUT2D eigenvalue weighted by atomic mass is 9.75. The van der Waals surface area contributed by atoms with Crippen molar-refractivity contribution in [3.05, 3.63) is 35.9 Å². The highest BCUT2D eigenvalue weighted by Crippen LogP contribution is 2.37. The summed E-state index contributed by atoms with van der Waals surface area (Å²) in [7, 11) is 0. The van der Waals surface area contributed by atoms with Crippen molar-refractivity contribution in [1.29, 1.82) is 0 Å². The van der Waals surface area contributed by atoms with E-state index < -0.39 is 0 Å². The van der Waals surface area contributed by atoms with E-state index in [1.165, 1.54) is 18.4 Å². The second-order valence-corrected chi connectivity index (χ2v) is 5.15. The first-order valence-electron chi connectivity index (χ1n) is 6.40. The van der Waals surface area contributed by atoms with E-state index in [0.717, 1.165) is 0 Å². The molecule has 0 bridgehead atoms.